The van der Waals surface area contributed by atoms with Crippen molar-refractivity contribution in [3.63, 3.8) is 0 Å². The lowest BCUT2D eigenvalue weighted by Crippen LogP contribution is -2.53. The van der Waals surface area contributed by atoms with Gasteiger partial charge in [-0.3, -0.25) is 14.4 Å². The maximum absolute atomic E-state index is 11.3. The SMILES string of the molecule is COC(=O)C1CCN1CCc1ccn(C)n1. The smallest absolute Gasteiger partial charge is 0.323 e. The topological polar surface area (TPSA) is 47.4 Å². The number of carbonyl (C=O) groups is 1. The highest BCUT2D eigenvalue weighted by atomic mass is 16.5. The molecule has 16 heavy (non-hydrogen) atoms. The fourth-order valence-corrected chi connectivity index (χ4v) is 1.97. The van der Waals surface area contributed by atoms with Crippen molar-refractivity contribution in [2.75, 3.05) is 20.2 Å². The van der Waals surface area contributed by atoms with Crippen LogP contribution in [0.3, 0.4) is 0 Å². The summed E-state index contributed by atoms with van der Waals surface area (Å²) in [6.45, 7) is 1.85. The van der Waals surface area contributed by atoms with Gasteiger partial charge >= 0.3 is 5.97 Å². The molecule has 0 spiro atoms. The summed E-state index contributed by atoms with van der Waals surface area (Å²) in [5.41, 5.74) is 1.07. The van der Waals surface area contributed by atoms with E-state index in [-0.39, 0.29) is 12.0 Å². The molecular formula is C11H17N3O2. The number of rotatable bonds is 4. The molecular weight excluding hydrogens is 206 g/mol. The van der Waals surface area contributed by atoms with E-state index < -0.39 is 0 Å². The first-order valence-corrected chi connectivity index (χ1v) is 5.51. The minimum Gasteiger partial charge on any atom is -0.468 e. The van der Waals surface area contributed by atoms with Gasteiger partial charge in [0.2, 0.25) is 0 Å². The standard InChI is InChI=1S/C11H17N3O2/c1-13-6-3-9(12-13)4-7-14-8-5-10(14)11(15)16-2/h3,6,10H,4-5,7-8H2,1-2H3. The molecule has 2 heterocycles. The lowest BCUT2D eigenvalue weighted by atomic mass is 10.0. The number of esters is 1. The molecule has 0 radical (unpaired) electrons. The number of aromatic nitrogens is 2. The van der Waals surface area contributed by atoms with Gasteiger partial charge in [0.25, 0.3) is 0 Å². The van der Waals surface area contributed by atoms with Crippen LogP contribution in [0.4, 0.5) is 0 Å². The molecule has 1 saturated heterocycles. The Bertz CT molecular complexity index is 375. The number of hydrogen-bond acceptors (Lipinski definition) is 4. The van der Waals surface area contributed by atoms with E-state index in [1.165, 1.54) is 7.11 Å². The lowest BCUT2D eigenvalue weighted by molar-refractivity contribution is -0.151. The first kappa shape index (κ1) is 11.1. The number of hydrogen-bond donors (Lipinski definition) is 0. The number of likely N-dealkylation sites (tertiary alicyclic amines) is 1. The molecule has 88 valence electrons. The van der Waals surface area contributed by atoms with Gasteiger partial charge in [-0.05, 0) is 12.5 Å². The van der Waals surface area contributed by atoms with Gasteiger partial charge in [-0.25, -0.2) is 0 Å². The number of methoxy groups -OCH3 is 1. The minimum absolute atomic E-state index is 0.0336. The average Bonchev–Trinajstić information content (AvgIpc) is 2.62. The molecule has 1 unspecified atom stereocenters. The predicted octanol–water partition coefficient (Wildman–Crippen LogP) is 0.210. The van der Waals surface area contributed by atoms with Crippen molar-refractivity contribution in [1.29, 1.82) is 0 Å². The summed E-state index contributed by atoms with van der Waals surface area (Å²) < 4.78 is 6.54. The Morgan fingerprint density at radius 1 is 1.69 bits per heavy atom. The average molecular weight is 223 g/mol. The number of aryl methyl sites for hydroxylation is 1. The molecule has 1 aromatic heterocycles. The van der Waals surface area contributed by atoms with Crippen LogP contribution < -0.4 is 0 Å². The second kappa shape index (κ2) is 4.65. The summed E-state index contributed by atoms with van der Waals surface area (Å²) in [5.74, 6) is -0.118. The molecule has 0 bridgehead atoms. The van der Waals surface area contributed by atoms with Crippen molar-refractivity contribution in [3.8, 4) is 0 Å². The summed E-state index contributed by atoms with van der Waals surface area (Å²) >= 11 is 0. The fourth-order valence-electron chi connectivity index (χ4n) is 1.97. The van der Waals surface area contributed by atoms with Gasteiger partial charge in [0.05, 0.1) is 12.8 Å². The van der Waals surface area contributed by atoms with Crippen LogP contribution in [0.25, 0.3) is 0 Å². The third-order valence-corrected chi connectivity index (χ3v) is 3.03. The van der Waals surface area contributed by atoms with E-state index in [4.69, 9.17) is 4.74 Å². The summed E-state index contributed by atoms with van der Waals surface area (Å²) in [7, 11) is 3.35. The summed E-state index contributed by atoms with van der Waals surface area (Å²) in [6.07, 6.45) is 3.73. The largest absolute Gasteiger partial charge is 0.468 e. The van der Waals surface area contributed by atoms with Crippen LogP contribution in [0.5, 0.6) is 0 Å². The third-order valence-electron chi connectivity index (χ3n) is 3.03. The molecule has 0 N–H and O–H groups in total. The first-order chi connectivity index (χ1) is 7.70. The van der Waals surface area contributed by atoms with Gasteiger partial charge < -0.3 is 4.74 Å². The van der Waals surface area contributed by atoms with Crippen LogP contribution in [0.15, 0.2) is 12.3 Å². The van der Waals surface area contributed by atoms with Crippen molar-refractivity contribution in [2.45, 2.75) is 18.9 Å². The Morgan fingerprint density at radius 2 is 2.50 bits per heavy atom. The normalized spacial score (nSPS) is 20.5. The Balaban J connectivity index is 1.80. The predicted molar refractivity (Wildman–Crippen MR) is 58.9 cm³/mol. The highest BCUT2D eigenvalue weighted by Crippen LogP contribution is 2.18. The summed E-state index contributed by atoms with van der Waals surface area (Å²) in [5, 5.41) is 4.30. The summed E-state index contributed by atoms with van der Waals surface area (Å²) in [6, 6.07) is 1.97. The molecule has 1 aliphatic heterocycles. The molecule has 1 aromatic rings. The van der Waals surface area contributed by atoms with E-state index in [1.54, 1.807) is 4.68 Å². The number of ether oxygens (including phenoxy) is 1. The van der Waals surface area contributed by atoms with Crippen LogP contribution in [0.1, 0.15) is 12.1 Å². The van der Waals surface area contributed by atoms with Crippen molar-refractivity contribution in [3.05, 3.63) is 18.0 Å². The number of carbonyl (C=O) groups excluding carboxylic acids is 1. The fraction of sp³-hybridized carbons (Fsp3) is 0.636. The maximum atomic E-state index is 11.3. The molecule has 1 atom stereocenters. The molecule has 0 aromatic carbocycles. The van der Waals surface area contributed by atoms with Gasteiger partial charge in [0.1, 0.15) is 6.04 Å². The zero-order valence-electron chi connectivity index (χ0n) is 9.72. The van der Waals surface area contributed by atoms with Crippen LogP contribution in [-0.4, -0.2) is 46.9 Å². The molecule has 1 aliphatic rings. The van der Waals surface area contributed by atoms with Gasteiger partial charge in [-0.1, -0.05) is 0 Å². The van der Waals surface area contributed by atoms with Crippen molar-refractivity contribution in [2.24, 2.45) is 7.05 Å². The van der Waals surface area contributed by atoms with Gasteiger partial charge in [0.15, 0.2) is 0 Å². The lowest BCUT2D eigenvalue weighted by Gasteiger charge is -2.38. The minimum atomic E-state index is -0.118. The van der Waals surface area contributed by atoms with E-state index in [0.29, 0.717) is 0 Å². The van der Waals surface area contributed by atoms with Crippen molar-refractivity contribution >= 4 is 5.97 Å². The van der Waals surface area contributed by atoms with Crippen molar-refractivity contribution in [1.82, 2.24) is 14.7 Å². The Kier molecular flexibility index (Phi) is 3.24. The van der Waals surface area contributed by atoms with Gasteiger partial charge in [-0.2, -0.15) is 5.10 Å². The van der Waals surface area contributed by atoms with Crippen LogP contribution >= 0.6 is 0 Å². The third kappa shape index (κ3) is 2.24. The summed E-state index contributed by atoms with van der Waals surface area (Å²) in [4.78, 5) is 13.5. The zero-order chi connectivity index (χ0) is 11.5. The maximum Gasteiger partial charge on any atom is 0.323 e. The second-order valence-electron chi connectivity index (χ2n) is 4.09. The molecule has 5 nitrogen and oxygen atoms in total. The van der Waals surface area contributed by atoms with E-state index in [9.17, 15) is 4.79 Å². The van der Waals surface area contributed by atoms with Crippen molar-refractivity contribution < 1.29 is 9.53 Å². The highest BCUT2D eigenvalue weighted by Gasteiger charge is 2.34. The second-order valence-corrected chi connectivity index (χ2v) is 4.09. The van der Waals surface area contributed by atoms with E-state index in [1.807, 2.05) is 19.3 Å². The van der Waals surface area contributed by atoms with E-state index >= 15 is 0 Å². The molecule has 0 saturated carbocycles. The monoisotopic (exact) mass is 223 g/mol. The van der Waals surface area contributed by atoms with Gasteiger partial charge in [-0.15, -0.1) is 0 Å². The van der Waals surface area contributed by atoms with Crippen LogP contribution in [-0.2, 0) is 23.0 Å². The van der Waals surface area contributed by atoms with Gasteiger partial charge in [0, 0.05) is 32.8 Å². The van der Waals surface area contributed by atoms with E-state index in [2.05, 4.69) is 10.00 Å². The quantitative estimate of drug-likeness (QED) is 0.685. The Morgan fingerprint density at radius 3 is 3.00 bits per heavy atom. The van der Waals surface area contributed by atoms with Crippen LogP contribution in [0, 0.1) is 0 Å². The Hall–Kier alpha value is -1.36. The molecule has 0 aliphatic carbocycles. The molecule has 0 amide bonds. The first-order valence-electron chi connectivity index (χ1n) is 5.51. The molecule has 1 fully saturated rings. The molecule has 5 heteroatoms. The number of nitrogens with zero attached hydrogens (tertiary/aromatic N) is 3. The highest BCUT2D eigenvalue weighted by molar-refractivity contribution is 5.76. The zero-order valence-corrected chi connectivity index (χ0v) is 9.72. The van der Waals surface area contributed by atoms with Crippen LogP contribution in [0.2, 0.25) is 0 Å². The molecule has 2 rings (SSSR count). The van der Waals surface area contributed by atoms with E-state index in [0.717, 1.165) is 31.6 Å². The Labute approximate surface area is 95.0 Å².